The van der Waals surface area contributed by atoms with Gasteiger partial charge in [-0.3, -0.25) is 4.79 Å². The van der Waals surface area contributed by atoms with Gasteiger partial charge in [0.15, 0.2) is 0 Å². The van der Waals surface area contributed by atoms with Gasteiger partial charge in [0.25, 0.3) is 5.91 Å². The van der Waals surface area contributed by atoms with Gasteiger partial charge in [0.05, 0.1) is 0 Å². The summed E-state index contributed by atoms with van der Waals surface area (Å²) in [5.74, 6) is -0.0479. The Bertz CT molecular complexity index is 893. The summed E-state index contributed by atoms with van der Waals surface area (Å²) in [6.45, 7) is 2.01. The number of nitrogens with one attached hydrogen (secondary N) is 2. The van der Waals surface area contributed by atoms with E-state index in [-0.39, 0.29) is 11.6 Å². The summed E-state index contributed by atoms with van der Waals surface area (Å²) < 4.78 is 0. The maximum Gasteiger partial charge on any atom is 0.274 e. The summed E-state index contributed by atoms with van der Waals surface area (Å²) in [6, 6.07) is 14.1. The molecule has 0 radical (unpaired) electrons. The summed E-state index contributed by atoms with van der Waals surface area (Å²) >= 11 is 11.9. The molecule has 0 aliphatic rings. The second-order valence-corrected chi connectivity index (χ2v) is 6.24. The summed E-state index contributed by atoms with van der Waals surface area (Å²) in [4.78, 5) is 20.7. The molecule has 2 aromatic carbocycles. The molecule has 0 saturated carbocycles. The van der Waals surface area contributed by atoms with Crippen molar-refractivity contribution < 1.29 is 4.79 Å². The number of hydrogen-bond acceptors (Lipinski definition) is 4. The zero-order valence-electron chi connectivity index (χ0n) is 13.3. The first kappa shape index (κ1) is 17.2. The molecule has 0 aliphatic heterocycles. The van der Waals surface area contributed by atoms with Gasteiger partial charge in [-0.25, -0.2) is 9.97 Å². The molecule has 0 saturated heterocycles. The van der Waals surface area contributed by atoms with Crippen molar-refractivity contribution in [3.8, 4) is 0 Å². The van der Waals surface area contributed by atoms with Crippen molar-refractivity contribution in [2.24, 2.45) is 0 Å². The minimum atomic E-state index is -0.382. The number of benzene rings is 2. The first-order chi connectivity index (χ1) is 12.0. The number of halogens is 2. The average molecular weight is 373 g/mol. The highest BCUT2D eigenvalue weighted by molar-refractivity contribution is 6.35. The Morgan fingerprint density at radius 1 is 0.960 bits per heavy atom. The highest BCUT2D eigenvalue weighted by Gasteiger charge is 2.10. The monoisotopic (exact) mass is 372 g/mol. The van der Waals surface area contributed by atoms with Crippen LogP contribution < -0.4 is 10.6 Å². The van der Waals surface area contributed by atoms with Crippen molar-refractivity contribution in [1.29, 1.82) is 0 Å². The van der Waals surface area contributed by atoms with Gasteiger partial charge in [-0.05, 0) is 43.3 Å². The van der Waals surface area contributed by atoms with Crippen LogP contribution in [0.5, 0.6) is 0 Å². The lowest BCUT2D eigenvalue weighted by Gasteiger charge is -2.08. The number of rotatable bonds is 4. The molecule has 7 heteroatoms. The van der Waals surface area contributed by atoms with Crippen LogP contribution in [-0.4, -0.2) is 15.9 Å². The van der Waals surface area contributed by atoms with Gasteiger partial charge in [0.1, 0.15) is 5.69 Å². The molecule has 0 fully saturated rings. The van der Waals surface area contributed by atoms with E-state index in [0.29, 0.717) is 21.7 Å². The molecule has 1 amide bonds. The lowest BCUT2D eigenvalue weighted by molar-refractivity contribution is 0.102. The molecule has 0 bridgehead atoms. The van der Waals surface area contributed by atoms with E-state index in [2.05, 4.69) is 20.6 Å². The molecule has 0 spiro atoms. The molecule has 3 aromatic rings. The quantitative estimate of drug-likeness (QED) is 0.669. The average Bonchev–Trinajstić information content (AvgIpc) is 2.56. The predicted molar refractivity (Wildman–Crippen MR) is 101 cm³/mol. The van der Waals surface area contributed by atoms with Crippen molar-refractivity contribution in [2.45, 2.75) is 6.92 Å². The van der Waals surface area contributed by atoms with E-state index in [1.807, 2.05) is 31.2 Å². The molecular weight excluding hydrogens is 359 g/mol. The van der Waals surface area contributed by atoms with E-state index >= 15 is 0 Å². The zero-order valence-corrected chi connectivity index (χ0v) is 14.8. The molecule has 0 aliphatic carbocycles. The molecule has 5 nitrogen and oxygen atoms in total. The summed E-state index contributed by atoms with van der Waals surface area (Å²) in [5, 5.41) is 6.65. The number of anilines is 3. The van der Waals surface area contributed by atoms with Gasteiger partial charge in [0, 0.05) is 27.6 Å². The molecule has 0 unspecified atom stereocenters. The van der Waals surface area contributed by atoms with Crippen LogP contribution in [0.15, 0.2) is 54.7 Å². The largest absolute Gasteiger partial charge is 0.324 e. The van der Waals surface area contributed by atoms with Gasteiger partial charge in [0.2, 0.25) is 5.95 Å². The van der Waals surface area contributed by atoms with Crippen LogP contribution in [0.2, 0.25) is 10.0 Å². The van der Waals surface area contributed by atoms with Gasteiger partial charge in [-0.1, -0.05) is 40.9 Å². The fourth-order valence-electron chi connectivity index (χ4n) is 2.13. The van der Waals surface area contributed by atoms with E-state index in [0.717, 1.165) is 11.3 Å². The van der Waals surface area contributed by atoms with Crippen molar-refractivity contribution in [3.63, 3.8) is 0 Å². The van der Waals surface area contributed by atoms with Crippen LogP contribution in [0.25, 0.3) is 0 Å². The van der Waals surface area contributed by atoms with Crippen LogP contribution in [0.1, 0.15) is 16.1 Å². The minimum absolute atomic E-state index is 0.223. The Kier molecular flexibility index (Phi) is 5.16. The third-order valence-corrected chi connectivity index (χ3v) is 3.75. The number of aryl methyl sites for hydroxylation is 1. The third kappa shape index (κ3) is 4.68. The lowest BCUT2D eigenvalue weighted by Crippen LogP contribution is -2.14. The molecule has 1 aromatic heterocycles. The van der Waals surface area contributed by atoms with Crippen LogP contribution in [0, 0.1) is 6.92 Å². The van der Waals surface area contributed by atoms with Crippen LogP contribution in [0.3, 0.4) is 0 Å². The summed E-state index contributed by atoms with van der Waals surface area (Å²) in [6.07, 6.45) is 1.52. The topological polar surface area (TPSA) is 66.9 Å². The van der Waals surface area contributed by atoms with Crippen LogP contribution in [-0.2, 0) is 0 Å². The predicted octanol–water partition coefficient (Wildman–Crippen LogP) is 5.09. The van der Waals surface area contributed by atoms with E-state index < -0.39 is 0 Å². The number of carbonyl (C=O) groups is 1. The van der Waals surface area contributed by atoms with Gasteiger partial charge in [-0.15, -0.1) is 0 Å². The van der Waals surface area contributed by atoms with E-state index in [1.165, 1.54) is 12.3 Å². The van der Waals surface area contributed by atoms with Crippen molar-refractivity contribution in [1.82, 2.24) is 9.97 Å². The third-order valence-electron chi connectivity index (χ3n) is 3.32. The fraction of sp³-hybridized carbons (Fsp3) is 0.0556. The molecule has 1 heterocycles. The normalized spacial score (nSPS) is 10.4. The Morgan fingerprint density at radius 3 is 2.32 bits per heavy atom. The van der Waals surface area contributed by atoms with Crippen molar-refractivity contribution >= 4 is 46.4 Å². The molecule has 0 atom stereocenters. The van der Waals surface area contributed by atoms with E-state index in [4.69, 9.17) is 23.2 Å². The fourth-order valence-corrected chi connectivity index (χ4v) is 2.66. The lowest BCUT2D eigenvalue weighted by atomic mass is 10.2. The molecule has 3 rings (SSSR count). The first-order valence-electron chi connectivity index (χ1n) is 7.44. The number of nitrogens with zero attached hydrogens (tertiary/aromatic N) is 2. The Hall–Kier alpha value is -2.63. The smallest absolute Gasteiger partial charge is 0.274 e. The second kappa shape index (κ2) is 7.51. The Balaban J connectivity index is 1.76. The zero-order chi connectivity index (χ0) is 17.8. The van der Waals surface area contributed by atoms with Gasteiger partial charge < -0.3 is 10.6 Å². The summed E-state index contributed by atoms with van der Waals surface area (Å²) in [5.41, 5.74) is 2.71. The molecular formula is C18H14Cl2N4O. The molecule has 2 N–H and O–H groups in total. The van der Waals surface area contributed by atoms with Crippen molar-refractivity contribution in [3.05, 3.63) is 76.0 Å². The van der Waals surface area contributed by atoms with Gasteiger partial charge in [-0.2, -0.15) is 0 Å². The number of carbonyl (C=O) groups excluding carboxylic acids is 1. The van der Waals surface area contributed by atoms with E-state index in [9.17, 15) is 4.79 Å². The number of aromatic nitrogens is 2. The van der Waals surface area contributed by atoms with Crippen molar-refractivity contribution in [2.75, 3.05) is 10.6 Å². The highest BCUT2D eigenvalue weighted by Crippen LogP contribution is 2.23. The maximum absolute atomic E-state index is 12.4. The number of hydrogen-bond donors (Lipinski definition) is 2. The van der Waals surface area contributed by atoms with Crippen LogP contribution >= 0.6 is 23.2 Å². The molecule has 25 heavy (non-hydrogen) atoms. The Labute approximate surface area is 155 Å². The van der Waals surface area contributed by atoms with Crippen LogP contribution in [0.4, 0.5) is 17.3 Å². The second-order valence-electron chi connectivity index (χ2n) is 5.37. The van der Waals surface area contributed by atoms with Gasteiger partial charge >= 0.3 is 0 Å². The highest BCUT2D eigenvalue weighted by atomic mass is 35.5. The van der Waals surface area contributed by atoms with E-state index in [1.54, 1.807) is 18.2 Å². The maximum atomic E-state index is 12.4. The summed E-state index contributed by atoms with van der Waals surface area (Å²) in [7, 11) is 0. The number of amides is 1. The Morgan fingerprint density at radius 2 is 1.64 bits per heavy atom. The minimum Gasteiger partial charge on any atom is -0.324 e. The standard InChI is InChI=1S/C18H14Cl2N4O/c1-11-2-4-14(5-3-11)23-18-21-7-6-16(24-18)17(25)22-15-9-12(19)8-13(20)10-15/h2-10H,1H3,(H,22,25)(H,21,23,24). The first-order valence-corrected chi connectivity index (χ1v) is 8.19. The molecule has 126 valence electrons. The SMILES string of the molecule is Cc1ccc(Nc2nccc(C(=O)Nc3cc(Cl)cc(Cl)c3)n2)cc1.